The number of pyridine rings is 1. The van der Waals surface area contributed by atoms with E-state index in [4.69, 9.17) is 10.5 Å². The Bertz CT molecular complexity index is 362. The Morgan fingerprint density at radius 2 is 2.12 bits per heavy atom. The highest BCUT2D eigenvalue weighted by atomic mass is 16.5. The number of aromatic nitrogens is 1. The Hall–Kier alpha value is -1.21. The SMILES string of the molecule is C[C@@H]1O[C@H](Nc2ccccn2)[C@H](O)[C@H](O)[C@H]1N. The number of rotatable bonds is 2. The fourth-order valence-electron chi connectivity index (χ4n) is 1.80. The number of aliphatic hydroxyl groups excluding tert-OH is 2. The Morgan fingerprint density at radius 1 is 1.35 bits per heavy atom. The van der Waals surface area contributed by atoms with Gasteiger partial charge >= 0.3 is 0 Å². The molecule has 94 valence electrons. The first-order chi connectivity index (χ1) is 8.09. The van der Waals surface area contributed by atoms with E-state index in [2.05, 4.69) is 10.3 Å². The summed E-state index contributed by atoms with van der Waals surface area (Å²) in [5.74, 6) is 0.575. The predicted octanol–water partition coefficient (Wildman–Crippen LogP) is -0.713. The third kappa shape index (κ3) is 2.55. The van der Waals surface area contributed by atoms with Crippen LogP contribution in [0, 0.1) is 0 Å². The topological polar surface area (TPSA) is 101 Å². The number of anilines is 1. The van der Waals surface area contributed by atoms with Gasteiger partial charge in [0.2, 0.25) is 0 Å². The highest BCUT2D eigenvalue weighted by Gasteiger charge is 2.40. The van der Waals surface area contributed by atoms with Crippen LogP contribution in [0.3, 0.4) is 0 Å². The Morgan fingerprint density at radius 3 is 2.76 bits per heavy atom. The molecule has 1 aromatic heterocycles. The van der Waals surface area contributed by atoms with Gasteiger partial charge in [0, 0.05) is 6.20 Å². The zero-order chi connectivity index (χ0) is 12.4. The third-order valence-corrected chi connectivity index (χ3v) is 2.91. The van der Waals surface area contributed by atoms with Gasteiger partial charge in [-0.05, 0) is 19.1 Å². The first kappa shape index (κ1) is 12.3. The zero-order valence-electron chi connectivity index (χ0n) is 9.52. The Kier molecular flexibility index (Phi) is 3.58. The monoisotopic (exact) mass is 239 g/mol. The highest BCUT2D eigenvalue weighted by Crippen LogP contribution is 2.20. The molecule has 2 heterocycles. The molecule has 0 saturated carbocycles. The molecule has 1 aliphatic rings. The van der Waals surface area contributed by atoms with Crippen LogP contribution in [-0.4, -0.2) is 45.8 Å². The van der Waals surface area contributed by atoms with Crippen LogP contribution < -0.4 is 11.1 Å². The molecule has 1 aliphatic heterocycles. The smallest absolute Gasteiger partial charge is 0.158 e. The molecule has 0 radical (unpaired) electrons. The molecule has 0 spiro atoms. The first-order valence-electron chi connectivity index (χ1n) is 5.54. The molecule has 17 heavy (non-hydrogen) atoms. The van der Waals surface area contributed by atoms with Crippen molar-refractivity contribution in [1.82, 2.24) is 4.98 Å². The molecule has 0 amide bonds. The van der Waals surface area contributed by atoms with Crippen LogP contribution in [0.15, 0.2) is 24.4 Å². The minimum Gasteiger partial charge on any atom is -0.389 e. The van der Waals surface area contributed by atoms with Gasteiger partial charge in [-0.3, -0.25) is 0 Å². The zero-order valence-corrected chi connectivity index (χ0v) is 9.52. The first-order valence-corrected chi connectivity index (χ1v) is 5.54. The van der Waals surface area contributed by atoms with E-state index in [1.807, 2.05) is 6.07 Å². The molecule has 5 atom stereocenters. The van der Waals surface area contributed by atoms with E-state index in [9.17, 15) is 10.2 Å². The molecule has 0 bridgehead atoms. The third-order valence-electron chi connectivity index (χ3n) is 2.91. The summed E-state index contributed by atoms with van der Waals surface area (Å²) >= 11 is 0. The molecule has 0 aromatic carbocycles. The number of aliphatic hydroxyl groups is 2. The Labute approximate surface area is 99.4 Å². The molecule has 1 fully saturated rings. The fourth-order valence-corrected chi connectivity index (χ4v) is 1.80. The van der Waals surface area contributed by atoms with Crippen molar-refractivity contribution in [2.75, 3.05) is 5.32 Å². The van der Waals surface area contributed by atoms with E-state index in [1.54, 1.807) is 25.3 Å². The van der Waals surface area contributed by atoms with E-state index >= 15 is 0 Å². The van der Waals surface area contributed by atoms with Crippen LogP contribution >= 0.6 is 0 Å². The molecule has 6 heteroatoms. The van der Waals surface area contributed by atoms with Gasteiger partial charge in [-0.15, -0.1) is 0 Å². The minimum atomic E-state index is -1.08. The number of nitrogens with zero attached hydrogens (tertiary/aromatic N) is 1. The molecular formula is C11H17N3O3. The van der Waals surface area contributed by atoms with Gasteiger partial charge in [-0.1, -0.05) is 6.07 Å². The van der Waals surface area contributed by atoms with E-state index < -0.39 is 24.5 Å². The summed E-state index contributed by atoms with van der Waals surface area (Å²) in [6.07, 6.45) is -1.52. The largest absolute Gasteiger partial charge is 0.389 e. The normalized spacial score (nSPS) is 37.8. The van der Waals surface area contributed by atoms with Crippen LogP contribution in [-0.2, 0) is 4.74 Å². The molecule has 6 nitrogen and oxygen atoms in total. The van der Waals surface area contributed by atoms with E-state index in [0.29, 0.717) is 5.82 Å². The lowest BCUT2D eigenvalue weighted by molar-refractivity contribution is -0.163. The van der Waals surface area contributed by atoms with Crippen molar-refractivity contribution < 1.29 is 14.9 Å². The summed E-state index contributed by atoms with van der Waals surface area (Å²) in [7, 11) is 0. The maximum atomic E-state index is 9.84. The summed E-state index contributed by atoms with van der Waals surface area (Å²) in [6.45, 7) is 1.76. The average molecular weight is 239 g/mol. The maximum absolute atomic E-state index is 9.84. The second-order valence-electron chi connectivity index (χ2n) is 4.18. The summed E-state index contributed by atoms with van der Waals surface area (Å²) in [4.78, 5) is 4.06. The number of hydrogen-bond donors (Lipinski definition) is 4. The standard InChI is InChI=1S/C11H17N3O3/c1-6-8(12)9(15)10(16)11(17-6)14-7-4-2-3-5-13-7/h2-6,8-11,15-16H,12H2,1H3,(H,13,14)/t6-,8-,9+,10+,11-/m0/s1. The summed E-state index contributed by atoms with van der Waals surface area (Å²) in [5, 5.41) is 22.5. The lowest BCUT2D eigenvalue weighted by atomic mass is 9.97. The second kappa shape index (κ2) is 4.97. The second-order valence-corrected chi connectivity index (χ2v) is 4.18. The van der Waals surface area contributed by atoms with Gasteiger partial charge < -0.3 is 26.0 Å². The minimum absolute atomic E-state index is 0.338. The molecule has 1 saturated heterocycles. The van der Waals surface area contributed by atoms with Crippen molar-refractivity contribution >= 4 is 5.82 Å². The number of ether oxygens (including phenoxy) is 1. The quantitative estimate of drug-likeness (QED) is 0.544. The van der Waals surface area contributed by atoms with Crippen molar-refractivity contribution in [2.45, 2.75) is 37.5 Å². The highest BCUT2D eigenvalue weighted by molar-refractivity contribution is 5.34. The number of hydrogen-bond acceptors (Lipinski definition) is 6. The van der Waals surface area contributed by atoms with Crippen LogP contribution in [0.2, 0.25) is 0 Å². The van der Waals surface area contributed by atoms with E-state index in [1.165, 1.54) is 0 Å². The molecule has 1 aromatic rings. The van der Waals surface area contributed by atoms with Gasteiger partial charge in [0.1, 0.15) is 18.0 Å². The maximum Gasteiger partial charge on any atom is 0.158 e. The van der Waals surface area contributed by atoms with Gasteiger partial charge in [-0.25, -0.2) is 4.98 Å². The van der Waals surface area contributed by atoms with Crippen LogP contribution in [0.25, 0.3) is 0 Å². The Balaban J connectivity index is 2.06. The van der Waals surface area contributed by atoms with Crippen molar-refractivity contribution in [2.24, 2.45) is 5.73 Å². The van der Waals surface area contributed by atoms with Crippen LogP contribution in [0.5, 0.6) is 0 Å². The van der Waals surface area contributed by atoms with Gasteiger partial charge in [0.15, 0.2) is 6.23 Å². The van der Waals surface area contributed by atoms with E-state index in [-0.39, 0.29) is 6.10 Å². The van der Waals surface area contributed by atoms with Gasteiger partial charge in [0.25, 0.3) is 0 Å². The molecule has 0 unspecified atom stereocenters. The lowest BCUT2D eigenvalue weighted by Crippen LogP contribution is -2.62. The summed E-state index contributed by atoms with van der Waals surface area (Å²) < 4.78 is 5.50. The summed E-state index contributed by atoms with van der Waals surface area (Å²) in [6, 6.07) is 4.76. The number of nitrogens with two attached hydrogens (primary N) is 1. The van der Waals surface area contributed by atoms with Crippen LogP contribution in [0.1, 0.15) is 6.92 Å². The lowest BCUT2D eigenvalue weighted by Gasteiger charge is -2.40. The summed E-state index contributed by atoms with van der Waals surface area (Å²) in [5.41, 5.74) is 5.69. The van der Waals surface area contributed by atoms with Crippen molar-refractivity contribution in [3.05, 3.63) is 24.4 Å². The van der Waals surface area contributed by atoms with Crippen molar-refractivity contribution in [3.63, 3.8) is 0 Å². The molecular weight excluding hydrogens is 222 g/mol. The molecule has 0 aliphatic carbocycles. The van der Waals surface area contributed by atoms with Gasteiger partial charge in [-0.2, -0.15) is 0 Å². The molecule has 5 N–H and O–H groups in total. The van der Waals surface area contributed by atoms with Crippen molar-refractivity contribution in [3.8, 4) is 0 Å². The number of nitrogens with one attached hydrogen (secondary N) is 1. The molecule has 2 rings (SSSR count). The average Bonchev–Trinajstić information content (AvgIpc) is 2.35. The van der Waals surface area contributed by atoms with Crippen molar-refractivity contribution in [1.29, 1.82) is 0 Å². The van der Waals surface area contributed by atoms with Gasteiger partial charge in [0.05, 0.1) is 12.1 Å². The van der Waals surface area contributed by atoms with E-state index in [0.717, 1.165) is 0 Å². The predicted molar refractivity (Wildman–Crippen MR) is 62.2 cm³/mol. The fraction of sp³-hybridized carbons (Fsp3) is 0.545. The van der Waals surface area contributed by atoms with Crippen LogP contribution in [0.4, 0.5) is 5.82 Å².